The summed E-state index contributed by atoms with van der Waals surface area (Å²) in [4.78, 5) is 21.4. The van der Waals surface area contributed by atoms with Crippen molar-refractivity contribution in [3.05, 3.63) is 35.4 Å². The molecule has 0 radical (unpaired) electrons. The zero-order valence-electron chi connectivity index (χ0n) is 10.5. The molecule has 4 heteroatoms. The van der Waals surface area contributed by atoms with Crippen molar-refractivity contribution < 1.29 is 14.3 Å². The molecule has 0 fully saturated rings. The van der Waals surface area contributed by atoms with Gasteiger partial charge in [-0.15, -0.1) is 0 Å². The van der Waals surface area contributed by atoms with Gasteiger partial charge in [0.05, 0.1) is 12.7 Å². The van der Waals surface area contributed by atoms with Crippen molar-refractivity contribution >= 4 is 29.2 Å². The van der Waals surface area contributed by atoms with Crippen molar-refractivity contribution in [2.24, 2.45) is 0 Å². The minimum absolute atomic E-state index is 0.139. The topological polar surface area (TPSA) is 43.4 Å². The van der Waals surface area contributed by atoms with Crippen LogP contribution in [-0.4, -0.2) is 24.3 Å². The third-order valence-electron chi connectivity index (χ3n) is 2.28. The second-order valence-electron chi connectivity index (χ2n) is 3.65. The highest BCUT2D eigenvalue weighted by Crippen LogP contribution is 2.19. The summed E-state index contributed by atoms with van der Waals surface area (Å²) in [6.07, 6.45) is 5.57. The van der Waals surface area contributed by atoms with Crippen LogP contribution in [0.4, 0.5) is 0 Å². The molecule has 0 bridgehead atoms. The van der Waals surface area contributed by atoms with Gasteiger partial charge >= 0.3 is 0 Å². The number of thioether (sulfide) groups is 1. The standard InChI is InChI=1S/C14H16O3S/c1-11(16)18-8-4-3-5-12-6-7-13(10-15)14(9-12)17-2/h3,5-7,9-10H,4,8H2,1-2H3. The Balaban J connectivity index is 2.59. The zero-order chi connectivity index (χ0) is 13.4. The smallest absolute Gasteiger partial charge is 0.185 e. The molecule has 0 aromatic heterocycles. The maximum absolute atomic E-state index is 10.7. The predicted molar refractivity (Wildman–Crippen MR) is 75.2 cm³/mol. The summed E-state index contributed by atoms with van der Waals surface area (Å²) in [6.45, 7) is 1.57. The monoisotopic (exact) mass is 264 g/mol. The van der Waals surface area contributed by atoms with Crippen molar-refractivity contribution in [1.29, 1.82) is 0 Å². The van der Waals surface area contributed by atoms with Gasteiger partial charge in [0.25, 0.3) is 0 Å². The number of hydrogen-bond donors (Lipinski definition) is 0. The minimum atomic E-state index is 0.139. The van der Waals surface area contributed by atoms with Crippen molar-refractivity contribution in [3.63, 3.8) is 0 Å². The Hall–Kier alpha value is -1.55. The van der Waals surface area contributed by atoms with E-state index in [1.54, 1.807) is 20.1 Å². The minimum Gasteiger partial charge on any atom is -0.496 e. The fourth-order valence-electron chi connectivity index (χ4n) is 1.42. The molecule has 0 heterocycles. The van der Waals surface area contributed by atoms with E-state index in [4.69, 9.17) is 4.74 Å². The van der Waals surface area contributed by atoms with E-state index in [2.05, 4.69) is 0 Å². The van der Waals surface area contributed by atoms with Crippen LogP contribution in [0.1, 0.15) is 29.3 Å². The zero-order valence-corrected chi connectivity index (χ0v) is 11.3. The molecule has 18 heavy (non-hydrogen) atoms. The molecule has 1 aromatic rings. The van der Waals surface area contributed by atoms with Crippen LogP contribution >= 0.6 is 11.8 Å². The summed E-state index contributed by atoms with van der Waals surface area (Å²) >= 11 is 1.32. The van der Waals surface area contributed by atoms with Crippen molar-refractivity contribution in [3.8, 4) is 5.75 Å². The Morgan fingerprint density at radius 1 is 1.44 bits per heavy atom. The second-order valence-corrected chi connectivity index (χ2v) is 4.92. The molecule has 96 valence electrons. The Morgan fingerprint density at radius 3 is 2.83 bits per heavy atom. The molecular formula is C14H16O3S. The number of aldehydes is 1. The summed E-state index contributed by atoms with van der Waals surface area (Å²) in [5, 5.41) is 0.139. The third-order valence-corrected chi connectivity index (χ3v) is 3.13. The van der Waals surface area contributed by atoms with Gasteiger partial charge in [0.15, 0.2) is 11.4 Å². The van der Waals surface area contributed by atoms with E-state index in [0.717, 1.165) is 24.0 Å². The summed E-state index contributed by atoms with van der Waals surface area (Å²) in [7, 11) is 1.54. The number of methoxy groups -OCH3 is 1. The first-order valence-electron chi connectivity index (χ1n) is 5.60. The van der Waals surface area contributed by atoms with Gasteiger partial charge < -0.3 is 4.74 Å². The van der Waals surface area contributed by atoms with E-state index in [0.29, 0.717) is 11.3 Å². The van der Waals surface area contributed by atoms with E-state index < -0.39 is 0 Å². The number of allylic oxidation sites excluding steroid dienone is 1. The van der Waals surface area contributed by atoms with Gasteiger partial charge in [-0.25, -0.2) is 0 Å². The van der Waals surface area contributed by atoms with Gasteiger partial charge in [-0.1, -0.05) is 30.0 Å². The number of ether oxygens (including phenoxy) is 1. The predicted octanol–water partition coefficient (Wildman–Crippen LogP) is 3.19. The number of hydrogen-bond acceptors (Lipinski definition) is 4. The van der Waals surface area contributed by atoms with Gasteiger partial charge in [0.2, 0.25) is 0 Å². The molecule has 0 N–H and O–H groups in total. The summed E-state index contributed by atoms with van der Waals surface area (Å²) in [5.74, 6) is 1.36. The molecule has 1 aromatic carbocycles. The Labute approximate surface area is 111 Å². The van der Waals surface area contributed by atoms with Crippen LogP contribution in [0.15, 0.2) is 24.3 Å². The molecule has 0 aliphatic rings. The molecule has 0 saturated carbocycles. The van der Waals surface area contributed by atoms with Gasteiger partial charge in [-0.3, -0.25) is 9.59 Å². The van der Waals surface area contributed by atoms with Crippen LogP contribution in [0.3, 0.4) is 0 Å². The van der Waals surface area contributed by atoms with Crippen molar-refractivity contribution in [1.82, 2.24) is 0 Å². The summed E-state index contributed by atoms with van der Waals surface area (Å²) < 4.78 is 5.12. The largest absolute Gasteiger partial charge is 0.496 e. The van der Waals surface area contributed by atoms with Gasteiger partial charge in [0, 0.05) is 12.7 Å². The number of carbonyl (C=O) groups excluding carboxylic acids is 2. The van der Waals surface area contributed by atoms with Crippen LogP contribution in [0.25, 0.3) is 6.08 Å². The van der Waals surface area contributed by atoms with Crippen LogP contribution in [0, 0.1) is 0 Å². The van der Waals surface area contributed by atoms with Crippen molar-refractivity contribution in [2.45, 2.75) is 13.3 Å². The number of rotatable bonds is 6. The lowest BCUT2D eigenvalue weighted by atomic mass is 10.1. The first kappa shape index (κ1) is 14.5. The average Bonchev–Trinajstić information content (AvgIpc) is 2.37. The lowest BCUT2D eigenvalue weighted by Crippen LogP contribution is -1.90. The molecule has 0 aliphatic heterocycles. The highest BCUT2D eigenvalue weighted by atomic mass is 32.2. The van der Waals surface area contributed by atoms with Gasteiger partial charge in [-0.2, -0.15) is 0 Å². The Bertz CT molecular complexity index is 452. The third kappa shape index (κ3) is 4.75. The van der Waals surface area contributed by atoms with Crippen LogP contribution in [-0.2, 0) is 4.79 Å². The molecule has 1 rings (SSSR count). The molecule has 0 atom stereocenters. The van der Waals surface area contributed by atoms with Crippen LogP contribution in [0.5, 0.6) is 5.75 Å². The highest BCUT2D eigenvalue weighted by Gasteiger charge is 2.01. The lowest BCUT2D eigenvalue weighted by molar-refractivity contribution is -0.109. The quantitative estimate of drug-likeness (QED) is 0.584. The van der Waals surface area contributed by atoms with Crippen molar-refractivity contribution in [2.75, 3.05) is 12.9 Å². The molecule has 0 amide bonds. The maximum atomic E-state index is 10.7. The second kappa shape index (κ2) is 7.71. The molecule has 3 nitrogen and oxygen atoms in total. The van der Waals surface area contributed by atoms with E-state index in [1.807, 2.05) is 24.3 Å². The SMILES string of the molecule is COc1cc(C=CCCSC(C)=O)ccc1C=O. The molecule has 0 saturated heterocycles. The summed E-state index contributed by atoms with van der Waals surface area (Å²) in [6, 6.07) is 5.41. The van der Waals surface area contributed by atoms with Gasteiger partial charge in [-0.05, 0) is 24.1 Å². The van der Waals surface area contributed by atoms with E-state index in [9.17, 15) is 9.59 Å². The highest BCUT2D eigenvalue weighted by molar-refractivity contribution is 8.13. The number of carbonyl (C=O) groups is 2. The van der Waals surface area contributed by atoms with E-state index >= 15 is 0 Å². The van der Waals surface area contributed by atoms with Crippen LogP contribution in [0.2, 0.25) is 0 Å². The normalized spacial score (nSPS) is 10.6. The molecule has 0 spiro atoms. The Kier molecular flexibility index (Phi) is 6.22. The fraction of sp³-hybridized carbons (Fsp3) is 0.286. The first-order valence-corrected chi connectivity index (χ1v) is 6.59. The molecule has 0 unspecified atom stereocenters. The van der Waals surface area contributed by atoms with E-state index in [-0.39, 0.29) is 5.12 Å². The molecular weight excluding hydrogens is 248 g/mol. The van der Waals surface area contributed by atoms with Crippen LogP contribution < -0.4 is 4.74 Å². The first-order chi connectivity index (χ1) is 8.67. The summed E-state index contributed by atoms with van der Waals surface area (Å²) in [5.41, 5.74) is 1.52. The maximum Gasteiger partial charge on any atom is 0.185 e. The average molecular weight is 264 g/mol. The lowest BCUT2D eigenvalue weighted by Gasteiger charge is -2.04. The number of benzene rings is 1. The fourth-order valence-corrected chi connectivity index (χ4v) is 1.96. The Morgan fingerprint density at radius 2 is 2.22 bits per heavy atom. The van der Waals surface area contributed by atoms with Gasteiger partial charge in [0.1, 0.15) is 5.75 Å². The molecule has 0 aliphatic carbocycles. The van der Waals surface area contributed by atoms with E-state index in [1.165, 1.54) is 11.8 Å².